The van der Waals surface area contributed by atoms with Crippen LogP contribution in [-0.2, 0) is 0 Å². The average Bonchev–Trinajstić information content (AvgIpc) is 3.10. The Labute approximate surface area is 200 Å². The summed E-state index contributed by atoms with van der Waals surface area (Å²) in [6, 6.07) is 17.0. The molecule has 4 rings (SSSR count). The van der Waals surface area contributed by atoms with E-state index in [0.29, 0.717) is 16.5 Å². The molecular weight excluding hydrogens is 436 g/mol. The van der Waals surface area contributed by atoms with Crippen molar-refractivity contribution in [1.29, 1.82) is 0 Å². The van der Waals surface area contributed by atoms with Gasteiger partial charge in [0.2, 0.25) is 0 Å². The molecule has 7 heteroatoms. The van der Waals surface area contributed by atoms with Gasteiger partial charge < -0.3 is 14.5 Å². The van der Waals surface area contributed by atoms with E-state index in [1.807, 2.05) is 55.4 Å². The standard InChI is InChI=1S/C26H29ClN4O2/c1-30(2)21-10-7-19(8-11-21)23-17-22(12-13-24(23)27)33-26(32)29-20-9-14-25(28-18-20)31-15-5-3-4-6-16-31/h7-14,17-18H,3-6,15-16H2,1-2H3,(H,29,32). The van der Waals surface area contributed by atoms with E-state index in [9.17, 15) is 4.79 Å². The van der Waals surface area contributed by atoms with E-state index < -0.39 is 6.09 Å². The molecule has 1 aromatic heterocycles. The Balaban J connectivity index is 1.40. The third-order valence-electron chi connectivity index (χ3n) is 5.77. The van der Waals surface area contributed by atoms with Crippen molar-refractivity contribution in [2.75, 3.05) is 42.3 Å². The highest BCUT2D eigenvalue weighted by Gasteiger charge is 2.13. The average molecular weight is 465 g/mol. The molecule has 0 atom stereocenters. The summed E-state index contributed by atoms with van der Waals surface area (Å²) in [7, 11) is 3.99. The molecule has 2 heterocycles. The lowest BCUT2D eigenvalue weighted by Gasteiger charge is -2.21. The molecule has 1 amide bonds. The van der Waals surface area contributed by atoms with Gasteiger partial charge in [0, 0.05) is 43.5 Å². The van der Waals surface area contributed by atoms with Crippen LogP contribution in [0.4, 0.5) is 22.0 Å². The number of carbonyl (C=O) groups is 1. The summed E-state index contributed by atoms with van der Waals surface area (Å²) in [5, 5.41) is 3.34. The van der Waals surface area contributed by atoms with Crippen LogP contribution in [0.5, 0.6) is 5.75 Å². The quantitative estimate of drug-likeness (QED) is 0.469. The zero-order valence-corrected chi connectivity index (χ0v) is 19.8. The summed E-state index contributed by atoms with van der Waals surface area (Å²) in [6.45, 7) is 2.05. The van der Waals surface area contributed by atoms with E-state index >= 15 is 0 Å². The molecule has 0 saturated carbocycles. The van der Waals surface area contributed by atoms with Crippen LogP contribution in [0, 0.1) is 0 Å². The molecule has 1 aliphatic heterocycles. The first-order valence-electron chi connectivity index (χ1n) is 11.3. The van der Waals surface area contributed by atoms with Crippen molar-refractivity contribution in [3.05, 3.63) is 65.8 Å². The van der Waals surface area contributed by atoms with Crippen molar-refractivity contribution in [2.45, 2.75) is 25.7 Å². The van der Waals surface area contributed by atoms with Crippen molar-refractivity contribution < 1.29 is 9.53 Å². The van der Waals surface area contributed by atoms with Crippen molar-refractivity contribution in [2.24, 2.45) is 0 Å². The third-order valence-corrected chi connectivity index (χ3v) is 6.10. The normalized spacial score (nSPS) is 13.8. The highest BCUT2D eigenvalue weighted by molar-refractivity contribution is 6.33. The van der Waals surface area contributed by atoms with E-state index in [1.165, 1.54) is 25.7 Å². The molecule has 33 heavy (non-hydrogen) atoms. The Bertz CT molecular complexity index is 1080. The fraction of sp³-hybridized carbons (Fsp3) is 0.308. The molecule has 6 nitrogen and oxygen atoms in total. The number of anilines is 3. The van der Waals surface area contributed by atoms with E-state index in [2.05, 4.69) is 15.2 Å². The molecule has 3 aromatic rings. The predicted molar refractivity (Wildman–Crippen MR) is 136 cm³/mol. The predicted octanol–water partition coefficient (Wildman–Crippen LogP) is 6.46. The van der Waals surface area contributed by atoms with Crippen LogP contribution < -0.4 is 19.9 Å². The minimum atomic E-state index is -0.574. The lowest BCUT2D eigenvalue weighted by atomic mass is 10.0. The van der Waals surface area contributed by atoms with Gasteiger partial charge in [0.25, 0.3) is 0 Å². The number of hydrogen-bond donors (Lipinski definition) is 1. The zero-order chi connectivity index (χ0) is 23.2. The number of nitrogens with zero attached hydrogens (tertiary/aromatic N) is 3. The number of hydrogen-bond acceptors (Lipinski definition) is 5. The maximum Gasteiger partial charge on any atom is 0.417 e. The first-order valence-corrected chi connectivity index (χ1v) is 11.6. The lowest BCUT2D eigenvalue weighted by molar-refractivity contribution is 0.215. The molecule has 1 aliphatic rings. The molecule has 0 unspecified atom stereocenters. The van der Waals surface area contributed by atoms with Gasteiger partial charge in [0.05, 0.1) is 11.9 Å². The maximum absolute atomic E-state index is 12.5. The molecule has 1 saturated heterocycles. The van der Waals surface area contributed by atoms with Crippen molar-refractivity contribution >= 4 is 34.9 Å². The van der Waals surface area contributed by atoms with E-state index in [1.54, 1.807) is 24.4 Å². The summed E-state index contributed by atoms with van der Waals surface area (Å²) >= 11 is 6.41. The molecular formula is C26H29ClN4O2. The van der Waals surface area contributed by atoms with Gasteiger partial charge in [-0.15, -0.1) is 0 Å². The molecule has 1 N–H and O–H groups in total. The second-order valence-corrected chi connectivity index (χ2v) is 8.81. The summed E-state index contributed by atoms with van der Waals surface area (Å²) < 4.78 is 5.51. The van der Waals surface area contributed by atoms with Crippen LogP contribution in [0.2, 0.25) is 5.02 Å². The van der Waals surface area contributed by atoms with Crippen LogP contribution in [0.15, 0.2) is 60.8 Å². The van der Waals surface area contributed by atoms with Crippen molar-refractivity contribution in [3.8, 4) is 16.9 Å². The molecule has 0 spiro atoms. The van der Waals surface area contributed by atoms with Crippen molar-refractivity contribution in [3.63, 3.8) is 0 Å². The zero-order valence-electron chi connectivity index (χ0n) is 19.1. The third kappa shape index (κ3) is 5.96. The lowest BCUT2D eigenvalue weighted by Crippen LogP contribution is -2.25. The first-order chi connectivity index (χ1) is 16.0. The number of halogens is 1. The second kappa shape index (κ2) is 10.6. The Morgan fingerprint density at radius 1 is 1.00 bits per heavy atom. The SMILES string of the molecule is CN(C)c1ccc(-c2cc(OC(=O)Nc3ccc(N4CCCCCC4)nc3)ccc2Cl)cc1. The fourth-order valence-corrected chi connectivity index (χ4v) is 4.15. The Kier molecular flexibility index (Phi) is 7.35. The number of ether oxygens (including phenoxy) is 1. The van der Waals surface area contributed by atoms with Gasteiger partial charge in [-0.3, -0.25) is 5.32 Å². The Hall–Kier alpha value is -3.25. The molecule has 1 fully saturated rings. The summed E-state index contributed by atoms with van der Waals surface area (Å²) in [5.74, 6) is 1.36. The largest absolute Gasteiger partial charge is 0.417 e. The van der Waals surface area contributed by atoms with Crippen molar-refractivity contribution in [1.82, 2.24) is 4.98 Å². The topological polar surface area (TPSA) is 57.7 Å². The fourth-order valence-electron chi connectivity index (χ4n) is 3.93. The van der Waals surface area contributed by atoms with Gasteiger partial charge in [-0.2, -0.15) is 0 Å². The minimum absolute atomic E-state index is 0.415. The van der Waals surface area contributed by atoms with E-state index in [-0.39, 0.29) is 0 Å². The summed E-state index contributed by atoms with van der Waals surface area (Å²) in [5.41, 5.74) is 3.43. The van der Waals surface area contributed by atoms with Crippen LogP contribution in [-0.4, -0.2) is 38.3 Å². The number of amides is 1. The monoisotopic (exact) mass is 464 g/mol. The smallest absolute Gasteiger partial charge is 0.410 e. The van der Waals surface area contributed by atoms with Crippen LogP contribution >= 0.6 is 11.6 Å². The van der Waals surface area contributed by atoms with Gasteiger partial charge >= 0.3 is 6.09 Å². The van der Waals surface area contributed by atoms with Gasteiger partial charge in [-0.25, -0.2) is 9.78 Å². The van der Waals surface area contributed by atoms with Crippen LogP contribution in [0.3, 0.4) is 0 Å². The van der Waals surface area contributed by atoms with Gasteiger partial charge in [0.15, 0.2) is 0 Å². The first kappa shape index (κ1) is 22.9. The number of benzene rings is 2. The van der Waals surface area contributed by atoms with Gasteiger partial charge in [0.1, 0.15) is 11.6 Å². The molecule has 0 radical (unpaired) electrons. The number of rotatable bonds is 5. The number of carbonyl (C=O) groups excluding carboxylic acids is 1. The maximum atomic E-state index is 12.5. The number of aromatic nitrogens is 1. The minimum Gasteiger partial charge on any atom is -0.410 e. The molecule has 0 bridgehead atoms. The Morgan fingerprint density at radius 2 is 1.73 bits per heavy atom. The Morgan fingerprint density at radius 3 is 2.36 bits per heavy atom. The van der Waals surface area contributed by atoms with Gasteiger partial charge in [-0.05, 0) is 60.9 Å². The number of nitrogens with one attached hydrogen (secondary N) is 1. The summed E-state index contributed by atoms with van der Waals surface area (Å²) in [6.07, 6.45) is 6.02. The highest BCUT2D eigenvalue weighted by atomic mass is 35.5. The molecule has 172 valence electrons. The van der Waals surface area contributed by atoms with E-state index in [4.69, 9.17) is 16.3 Å². The van der Waals surface area contributed by atoms with Crippen LogP contribution in [0.1, 0.15) is 25.7 Å². The van der Waals surface area contributed by atoms with E-state index in [0.717, 1.165) is 35.7 Å². The second-order valence-electron chi connectivity index (χ2n) is 8.40. The molecule has 2 aromatic carbocycles. The molecule has 0 aliphatic carbocycles. The van der Waals surface area contributed by atoms with Gasteiger partial charge in [-0.1, -0.05) is 36.6 Å². The summed E-state index contributed by atoms with van der Waals surface area (Å²) in [4.78, 5) is 21.3. The van der Waals surface area contributed by atoms with Crippen LogP contribution in [0.25, 0.3) is 11.1 Å². The number of pyridine rings is 1. The highest BCUT2D eigenvalue weighted by Crippen LogP contribution is 2.32.